The predicted octanol–water partition coefficient (Wildman–Crippen LogP) is 4.44. The van der Waals surface area contributed by atoms with E-state index in [1.54, 1.807) is 11.3 Å². The summed E-state index contributed by atoms with van der Waals surface area (Å²) in [7, 11) is 0. The van der Waals surface area contributed by atoms with Gasteiger partial charge in [0, 0.05) is 4.88 Å². The molecule has 0 aliphatic heterocycles. The standard InChI is InChI=1S/C12H18BrNS/c1-5-6-14-11(8(2)3)10-7-9(4)12(13)15-10/h7,11,14H,2,5-6H2,1,3-4H3. The topological polar surface area (TPSA) is 12.0 Å². The monoisotopic (exact) mass is 287 g/mol. The number of hydrogen-bond acceptors (Lipinski definition) is 2. The molecule has 1 nitrogen and oxygen atoms in total. The van der Waals surface area contributed by atoms with Gasteiger partial charge in [0.05, 0.1) is 9.83 Å². The van der Waals surface area contributed by atoms with Crippen LogP contribution in [0.5, 0.6) is 0 Å². The van der Waals surface area contributed by atoms with Gasteiger partial charge in [0.2, 0.25) is 0 Å². The molecule has 1 aromatic heterocycles. The summed E-state index contributed by atoms with van der Waals surface area (Å²) in [5.74, 6) is 0. The van der Waals surface area contributed by atoms with Crippen LogP contribution in [0.25, 0.3) is 0 Å². The summed E-state index contributed by atoms with van der Waals surface area (Å²) in [4.78, 5) is 1.35. The first-order valence-electron chi connectivity index (χ1n) is 5.20. The fourth-order valence-corrected chi connectivity index (χ4v) is 3.17. The van der Waals surface area contributed by atoms with Crippen LogP contribution in [0.4, 0.5) is 0 Å². The van der Waals surface area contributed by atoms with Gasteiger partial charge in [-0.1, -0.05) is 19.1 Å². The molecule has 15 heavy (non-hydrogen) atoms. The number of hydrogen-bond donors (Lipinski definition) is 1. The van der Waals surface area contributed by atoms with E-state index in [0.29, 0.717) is 6.04 Å². The zero-order valence-corrected chi connectivity index (χ0v) is 12.0. The Morgan fingerprint density at radius 2 is 2.33 bits per heavy atom. The molecule has 0 bridgehead atoms. The van der Waals surface area contributed by atoms with Crippen LogP contribution >= 0.6 is 27.3 Å². The second-order valence-electron chi connectivity index (χ2n) is 3.84. The molecule has 0 aliphatic carbocycles. The summed E-state index contributed by atoms with van der Waals surface area (Å²) in [6.45, 7) is 11.5. The number of halogens is 1. The first-order chi connectivity index (χ1) is 7.06. The van der Waals surface area contributed by atoms with Crippen LogP contribution in [0.3, 0.4) is 0 Å². The molecular weight excluding hydrogens is 270 g/mol. The maximum Gasteiger partial charge on any atom is 0.0731 e. The third kappa shape index (κ3) is 3.44. The Kier molecular flexibility index (Phi) is 5.03. The Bertz CT molecular complexity index is 324. The molecule has 1 heterocycles. The van der Waals surface area contributed by atoms with Crippen LogP contribution in [-0.2, 0) is 0 Å². The molecule has 1 rings (SSSR count). The molecule has 0 saturated heterocycles. The van der Waals surface area contributed by atoms with Crippen molar-refractivity contribution in [2.75, 3.05) is 6.54 Å². The average molecular weight is 288 g/mol. The van der Waals surface area contributed by atoms with Crippen molar-refractivity contribution >= 4 is 27.3 Å². The molecule has 0 aromatic carbocycles. The van der Waals surface area contributed by atoms with E-state index in [1.165, 1.54) is 19.8 Å². The van der Waals surface area contributed by atoms with Gasteiger partial charge in [-0.25, -0.2) is 0 Å². The second kappa shape index (κ2) is 5.83. The molecule has 1 aromatic rings. The molecule has 1 N–H and O–H groups in total. The van der Waals surface area contributed by atoms with E-state index >= 15 is 0 Å². The van der Waals surface area contributed by atoms with Gasteiger partial charge >= 0.3 is 0 Å². The summed E-state index contributed by atoms with van der Waals surface area (Å²) >= 11 is 5.36. The Morgan fingerprint density at radius 3 is 2.73 bits per heavy atom. The van der Waals surface area contributed by atoms with E-state index in [-0.39, 0.29) is 0 Å². The van der Waals surface area contributed by atoms with Crippen LogP contribution in [-0.4, -0.2) is 6.54 Å². The molecule has 0 aliphatic rings. The van der Waals surface area contributed by atoms with Crippen molar-refractivity contribution in [1.82, 2.24) is 5.32 Å². The summed E-state index contributed by atoms with van der Waals surface area (Å²) in [6, 6.07) is 2.54. The zero-order chi connectivity index (χ0) is 11.4. The first kappa shape index (κ1) is 12.9. The Hall–Kier alpha value is -0.120. The molecule has 0 spiro atoms. The van der Waals surface area contributed by atoms with E-state index in [0.717, 1.165) is 13.0 Å². The zero-order valence-electron chi connectivity index (χ0n) is 9.56. The van der Waals surface area contributed by atoms with Crippen LogP contribution in [0.2, 0.25) is 0 Å². The van der Waals surface area contributed by atoms with Crippen LogP contribution < -0.4 is 5.32 Å². The third-order valence-corrected chi connectivity index (χ3v) is 4.45. The van der Waals surface area contributed by atoms with Gasteiger partial charge in [0.25, 0.3) is 0 Å². The third-order valence-electron chi connectivity index (χ3n) is 2.25. The van der Waals surface area contributed by atoms with E-state index < -0.39 is 0 Å². The van der Waals surface area contributed by atoms with E-state index in [1.807, 2.05) is 0 Å². The van der Waals surface area contributed by atoms with Gasteiger partial charge in [0.15, 0.2) is 0 Å². The lowest BCUT2D eigenvalue weighted by Gasteiger charge is -2.16. The smallest absolute Gasteiger partial charge is 0.0731 e. The van der Waals surface area contributed by atoms with Crippen molar-refractivity contribution in [3.63, 3.8) is 0 Å². The van der Waals surface area contributed by atoms with E-state index in [2.05, 4.69) is 54.7 Å². The Balaban J connectivity index is 2.84. The molecule has 1 unspecified atom stereocenters. The molecule has 3 heteroatoms. The normalized spacial score (nSPS) is 12.8. The van der Waals surface area contributed by atoms with Crippen LogP contribution in [0.15, 0.2) is 22.0 Å². The highest BCUT2D eigenvalue weighted by Gasteiger charge is 2.14. The largest absolute Gasteiger partial charge is 0.306 e. The molecule has 0 saturated carbocycles. The van der Waals surface area contributed by atoms with E-state index in [9.17, 15) is 0 Å². The van der Waals surface area contributed by atoms with Crippen molar-refractivity contribution in [2.45, 2.75) is 33.2 Å². The maximum absolute atomic E-state index is 4.05. The quantitative estimate of drug-likeness (QED) is 0.790. The fraction of sp³-hybridized carbons (Fsp3) is 0.500. The summed E-state index contributed by atoms with van der Waals surface area (Å²) < 4.78 is 1.22. The number of rotatable bonds is 5. The van der Waals surface area contributed by atoms with Gasteiger partial charge in [-0.15, -0.1) is 11.3 Å². The van der Waals surface area contributed by atoms with Crippen LogP contribution in [0, 0.1) is 6.92 Å². The van der Waals surface area contributed by atoms with Gasteiger partial charge in [-0.05, 0) is 54.4 Å². The van der Waals surface area contributed by atoms with Crippen molar-refractivity contribution in [3.05, 3.63) is 32.4 Å². The first-order valence-corrected chi connectivity index (χ1v) is 6.81. The molecule has 84 valence electrons. The Labute approximate surface area is 105 Å². The van der Waals surface area contributed by atoms with E-state index in [4.69, 9.17) is 0 Å². The van der Waals surface area contributed by atoms with Gasteiger partial charge in [-0.3, -0.25) is 0 Å². The minimum absolute atomic E-state index is 0.306. The lowest BCUT2D eigenvalue weighted by Crippen LogP contribution is -2.21. The van der Waals surface area contributed by atoms with Gasteiger partial charge in [0.1, 0.15) is 0 Å². The summed E-state index contributed by atoms with van der Waals surface area (Å²) in [5, 5.41) is 3.52. The molecule has 0 fully saturated rings. The van der Waals surface area contributed by atoms with Crippen molar-refractivity contribution < 1.29 is 0 Å². The molecule has 1 atom stereocenters. The minimum Gasteiger partial charge on any atom is -0.306 e. The van der Waals surface area contributed by atoms with Gasteiger partial charge in [-0.2, -0.15) is 0 Å². The highest BCUT2D eigenvalue weighted by Crippen LogP contribution is 2.33. The molecule has 0 radical (unpaired) electrons. The van der Waals surface area contributed by atoms with Crippen LogP contribution in [0.1, 0.15) is 36.8 Å². The van der Waals surface area contributed by atoms with Gasteiger partial charge < -0.3 is 5.32 Å². The molecular formula is C12H18BrNS. The highest BCUT2D eigenvalue weighted by atomic mass is 79.9. The summed E-state index contributed by atoms with van der Waals surface area (Å²) in [6.07, 6.45) is 1.15. The van der Waals surface area contributed by atoms with Crippen molar-refractivity contribution in [1.29, 1.82) is 0 Å². The number of aryl methyl sites for hydroxylation is 1. The molecule has 0 amide bonds. The maximum atomic E-state index is 4.05. The number of thiophene rings is 1. The Morgan fingerprint density at radius 1 is 1.67 bits per heavy atom. The lowest BCUT2D eigenvalue weighted by molar-refractivity contribution is 0.598. The average Bonchev–Trinajstić information content (AvgIpc) is 2.47. The SMILES string of the molecule is C=C(C)C(NCCC)c1cc(C)c(Br)s1. The minimum atomic E-state index is 0.306. The number of nitrogens with one attached hydrogen (secondary N) is 1. The fourth-order valence-electron chi connectivity index (χ4n) is 1.43. The van der Waals surface area contributed by atoms with Crippen molar-refractivity contribution in [3.8, 4) is 0 Å². The second-order valence-corrected chi connectivity index (χ2v) is 6.24. The van der Waals surface area contributed by atoms with Crippen molar-refractivity contribution in [2.24, 2.45) is 0 Å². The lowest BCUT2D eigenvalue weighted by atomic mass is 10.1. The predicted molar refractivity (Wildman–Crippen MR) is 72.6 cm³/mol. The highest BCUT2D eigenvalue weighted by molar-refractivity contribution is 9.11. The summed E-state index contributed by atoms with van der Waals surface area (Å²) in [5.41, 5.74) is 2.48.